The second-order valence-electron chi connectivity index (χ2n) is 7.27. The van der Waals surface area contributed by atoms with Crippen LogP contribution in [0.4, 0.5) is 4.39 Å². The average molecular weight is 447 g/mol. The summed E-state index contributed by atoms with van der Waals surface area (Å²) in [6, 6.07) is 16.0. The third-order valence-corrected chi connectivity index (χ3v) is 5.53. The van der Waals surface area contributed by atoms with Gasteiger partial charge in [-0.2, -0.15) is 0 Å². The van der Waals surface area contributed by atoms with E-state index in [1.165, 1.54) is 12.1 Å². The Balaban J connectivity index is 1.93. The Hall–Kier alpha value is -3.70. The van der Waals surface area contributed by atoms with Crippen molar-refractivity contribution >= 4 is 45.7 Å². The summed E-state index contributed by atoms with van der Waals surface area (Å²) in [4.78, 5) is 18.5. The minimum atomic E-state index is -0.999. The molecule has 6 heteroatoms. The molecule has 2 heterocycles. The van der Waals surface area contributed by atoms with Gasteiger partial charge in [-0.05, 0) is 59.0 Å². The van der Waals surface area contributed by atoms with E-state index in [1.54, 1.807) is 24.5 Å². The lowest BCUT2D eigenvalue weighted by Crippen LogP contribution is -1.97. The average Bonchev–Trinajstić information content (AvgIpc) is 3.20. The van der Waals surface area contributed by atoms with Gasteiger partial charge in [0.2, 0.25) is 0 Å². The van der Waals surface area contributed by atoms with Crippen LogP contribution in [-0.4, -0.2) is 21.0 Å². The molecule has 32 heavy (non-hydrogen) atoms. The monoisotopic (exact) mass is 446 g/mol. The Labute approximate surface area is 189 Å². The largest absolute Gasteiger partial charge is 0.478 e. The van der Waals surface area contributed by atoms with Gasteiger partial charge in [-0.15, -0.1) is 0 Å². The zero-order valence-corrected chi connectivity index (χ0v) is 18.0. The van der Waals surface area contributed by atoms with Gasteiger partial charge in [0.1, 0.15) is 5.82 Å². The van der Waals surface area contributed by atoms with Crippen LogP contribution in [0.1, 0.15) is 35.7 Å². The molecule has 0 aliphatic carbocycles. The number of nitrogens with one attached hydrogen (secondary N) is 1. The van der Waals surface area contributed by atoms with Gasteiger partial charge in [-0.25, -0.2) is 9.18 Å². The van der Waals surface area contributed by atoms with Gasteiger partial charge in [-0.1, -0.05) is 48.9 Å². The summed E-state index contributed by atoms with van der Waals surface area (Å²) < 4.78 is 13.7. The molecule has 0 unspecified atom stereocenters. The van der Waals surface area contributed by atoms with Crippen LogP contribution in [0.3, 0.4) is 0 Å². The van der Waals surface area contributed by atoms with Crippen LogP contribution in [0.5, 0.6) is 0 Å². The topological polar surface area (TPSA) is 66.0 Å². The van der Waals surface area contributed by atoms with E-state index in [1.807, 2.05) is 43.3 Å². The molecule has 4 nitrogen and oxygen atoms in total. The lowest BCUT2D eigenvalue weighted by Gasteiger charge is -2.16. The van der Waals surface area contributed by atoms with Gasteiger partial charge >= 0.3 is 5.97 Å². The van der Waals surface area contributed by atoms with Crippen molar-refractivity contribution in [2.45, 2.75) is 13.3 Å². The van der Waals surface area contributed by atoms with Crippen LogP contribution < -0.4 is 0 Å². The van der Waals surface area contributed by atoms with Crippen LogP contribution in [0.15, 0.2) is 73.1 Å². The Morgan fingerprint density at radius 2 is 1.94 bits per heavy atom. The van der Waals surface area contributed by atoms with Gasteiger partial charge in [0.25, 0.3) is 0 Å². The summed E-state index contributed by atoms with van der Waals surface area (Å²) in [5, 5.41) is 10.2. The Bertz CT molecular complexity index is 1320. The smallest absolute Gasteiger partial charge is 0.328 e. The number of fused-ring (bicyclic) bond motifs is 1. The summed E-state index contributed by atoms with van der Waals surface area (Å²) in [6.45, 7) is 2.03. The number of aromatic amines is 1. The fraction of sp³-hybridized carbons (Fsp3) is 0.0769. The second-order valence-corrected chi connectivity index (χ2v) is 7.68. The molecule has 2 aromatic carbocycles. The summed E-state index contributed by atoms with van der Waals surface area (Å²) in [7, 11) is 0. The normalized spacial score (nSPS) is 12.3. The first-order valence-corrected chi connectivity index (χ1v) is 10.5. The Morgan fingerprint density at radius 1 is 1.16 bits per heavy atom. The summed E-state index contributed by atoms with van der Waals surface area (Å²) in [6.07, 6.45) is 6.83. The highest BCUT2D eigenvalue weighted by Crippen LogP contribution is 2.38. The van der Waals surface area contributed by atoms with Crippen molar-refractivity contribution in [2.24, 2.45) is 0 Å². The highest BCUT2D eigenvalue weighted by molar-refractivity contribution is 6.32. The van der Waals surface area contributed by atoms with Crippen LogP contribution in [0.25, 0.3) is 28.1 Å². The van der Waals surface area contributed by atoms with E-state index in [9.17, 15) is 9.18 Å². The summed E-state index contributed by atoms with van der Waals surface area (Å²) in [5.41, 5.74) is 6.20. The van der Waals surface area contributed by atoms with E-state index in [2.05, 4.69) is 9.97 Å². The molecule has 0 aliphatic heterocycles. The number of hydrogen-bond acceptors (Lipinski definition) is 2. The first kappa shape index (κ1) is 21.5. The number of H-pyrrole nitrogens is 1. The number of halogens is 2. The SMILES string of the molecule is CC/C(=C(/c1ccc(/C=C/C(=O)O)cc1)c1cc2cnccc2[nH]1)c1ccc(F)cc1Cl. The van der Waals surface area contributed by atoms with E-state index >= 15 is 0 Å². The quantitative estimate of drug-likeness (QED) is 0.252. The molecule has 160 valence electrons. The molecule has 0 spiro atoms. The molecule has 0 saturated heterocycles. The maximum absolute atomic E-state index is 13.7. The number of hydrogen-bond donors (Lipinski definition) is 2. The predicted octanol–water partition coefficient (Wildman–Crippen LogP) is 6.82. The van der Waals surface area contributed by atoms with Gasteiger partial charge < -0.3 is 10.1 Å². The predicted molar refractivity (Wildman–Crippen MR) is 127 cm³/mol. The number of pyridine rings is 1. The standard InChI is InChI=1S/C26H20ClFN2O2/c1-2-20(21-9-8-19(28)14-22(21)27)26(24-13-18-15-29-12-11-23(18)30-24)17-6-3-16(4-7-17)5-10-25(31)32/h3-15,30H,2H2,1H3,(H,31,32)/b10-5+,26-20+. The summed E-state index contributed by atoms with van der Waals surface area (Å²) in [5.74, 6) is -1.39. The van der Waals surface area contributed by atoms with Crippen molar-refractivity contribution < 1.29 is 14.3 Å². The molecule has 0 aliphatic rings. The number of allylic oxidation sites excluding steroid dienone is 1. The molecule has 0 saturated carbocycles. The van der Waals surface area contributed by atoms with E-state index in [0.717, 1.165) is 50.5 Å². The molecule has 2 aromatic heterocycles. The first-order chi connectivity index (χ1) is 15.5. The van der Waals surface area contributed by atoms with Crippen molar-refractivity contribution in [3.05, 3.63) is 106 Å². The highest BCUT2D eigenvalue weighted by Gasteiger charge is 2.17. The summed E-state index contributed by atoms with van der Waals surface area (Å²) >= 11 is 6.44. The molecule has 4 rings (SSSR count). The minimum Gasteiger partial charge on any atom is -0.478 e. The lowest BCUT2D eigenvalue weighted by atomic mass is 9.90. The van der Waals surface area contributed by atoms with Crippen molar-refractivity contribution in [3.8, 4) is 0 Å². The molecular weight excluding hydrogens is 427 g/mol. The molecule has 4 aromatic rings. The molecule has 0 atom stereocenters. The number of rotatable bonds is 6. The molecule has 0 fully saturated rings. The van der Waals surface area contributed by atoms with Crippen LogP contribution >= 0.6 is 11.6 Å². The fourth-order valence-corrected chi connectivity index (χ4v) is 4.04. The maximum atomic E-state index is 13.7. The van der Waals surface area contributed by atoms with Crippen LogP contribution in [0.2, 0.25) is 5.02 Å². The number of carboxylic acids is 1. The number of aliphatic carboxylic acids is 1. The van der Waals surface area contributed by atoms with E-state index in [4.69, 9.17) is 16.7 Å². The van der Waals surface area contributed by atoms with Gasteiger partial charge in [0, 0.05) is 40.6 Å². The van der Waals surface area contributed by atoms with Crippen molar-refractivity contribution in [2.75, 3.05) is 0 Å². The zero-order chi connectivity index (χ0) is 22.7. The third-order valence-electron chi connectivity index (χ3n) is 5.22. The fourth-order valence-electron chi connectivity index (χ4n) is 3.76. The maximum Gasteiger partial charge on any atom is 0.328 e. The Morgan fingerprint density at radius 3 is 2.59 bits per heavy atom. The van der Waals surface area contributed by atoms with E-state index < -0.39 is 5.97 Å². The third kappa shape index (κ3) is 4.48. The molecule has 0 amide bonds. The van der Waals surface area contributed by atoms with Crippen molar-refractivity contribution in [1.82, 2.24) is 9.97 Å². The molecular formula is C26H20ClFN2O2. The van der Waals surface area contributed by atoms with Crippen molar-refractivity contribution in [1.29, 1.82) is 0 Å². The zero-order valence-electron chi connectivity index (χ0n) is 17.3. The molecule has 0 radical (unpaired) electrons. The second kappa shape index (κ2) is 9.20. The first-order valence-electron chi connectivity index (χ1n) is 10.1. The van der Waals surface area contributed by atoms with Crippen LogP contribution in [0, 0.1) is 5.82 Å². The Kier molecular flexibility index (Phi) is 6.19. The molecule has 2 N–H and O–H groups in total. The van der Waals surface area contributed by atoms with E-state index in [-0.39, 0.29) is 5.82 Å². The number of benzene rings is 2. The van der Waals surface area contributed by atoms with Gasteiger partial charge in [0.15, 0.2) is 0 Å². The number of nitrogens with zero attached hydrogens (tertiary/aromatic N) is 1. The van der Waals surface area contributed by atoms with Gasteiger partial charge in [0.05, 0.1) is 5.02 Å². The highest BCUT2D eigenvalue weighted by atomic mass is 35.5. The van der Waals surface area contributed by atoms with E-state index in [0.29, 0.717) is 11.4 Å². The lowest BCUT2D eigenvalue weighted by molar-refractivity contribution is -0.131. The minimum absolute atomic E-state index is 0.345. The number of carbonyl (C=O) groups is 1. The van der Waals surface area contributed by atoms with Gasteiger partial charge in [-0.3, -0.25) is 4.98 Å². The number of carboxylic acid groups (broad SMARTS) is 1. The van der Waals surface area contributed by atoms with Crippen molar-refractivity contribution in [3.63, 3.8) is 0 Å². The van der Waals surface area contributed by atoms with Crippen LogP contribution in [-0.2, 0) is 4.79 Å². The molecule has 0 bridgehead atoms. The number of aromatic nitrogens is 2.